The second kappa shape index (κ2) is 6.96. The van der Waals surface area contributed by atoms with Crippen LogP contribution in [0.3, 0.4) is 0 Å². The van der Waals surface area contributed by atoms with Gasteiger partial charge in [0.2, 0.25) is 0 Å². The van der Waals surface area contributed by atoms with E-state index in [9.17, 15) is 4.79 Å². The molecule has 3 heteroatoms. The third-order valence-electron chi connectivity index (χ3n) is 2.76. The van der Waals surface area contributed by atoms with Crippen molar-refractivity contribution in [2.75, 3.05) is 20.2 Å². The maximum absolute atomic E-state index is 12.2. The Morgan fingerprint density at radius 3 is 2.63 bits per heavy atom. The Hall–Kier alpha value is -1.79. The van der Waals surface area contributed by atoms with E-state index in [2.05, 4.69) is 25.7 Å². The van der Waals surface area contributed by atoms with Crippen LogP contribution in [0, 0.1) is 24.7 Å². The van der Waals surface area contributed by atoms with E-state index in [0.29, 0.717) is 11.5 Å². The SMILES string of the molecule is Cc1cc(C(=O)N(C)CC(C)C)ccc1C#CCO. The fourth-order valence-corrected chi connectivity index (χ4v) is 1.92. The molecule has 0 unspecified atom stereocenters. The molecule has 1 rings (SSSR count). The van der Waals surface area contributed by atoms with Crippen LogP contribution in [0.15, 0.2) is 18.2 Å². The Morgan fingerprint density at radius 1 is 1.42 bits per heavy atom. The molecule has 0 radical (unpaired) electrons. The number of amides is 1. The predicted molar refractivity (Wildman–Crippen MR) is 76.9 cm³/mol. The van der Waals surface area contributed by atoms with Crippen molar-refractivity contribution in [3.05, 3.63) is 34.9 Å². The normalized spacial score (nSPS) is 10.0. The lowest BCUT2D eigenvalue weighted by Gasteiger charge is -2.19. The Labute approximate surface area is 115 Å². The van der Waals surface area contributed by atoms with Gasteiger partial charge in [-0.05, 0) is 36.6 Å². The quantitative estimate of drug-likeness (QED) is 0.844. The summed E-state index contributed by atoms with van der Waals surface area (Å²) >= 11 is 0. The van der Waals surface area contributed by atoms with Gasteiger partial charge in [0.15, 0.2) is 0 Å². The van der Waals surface area contributed by atoms with E-state index in [-0.39, 0.29) is 12.5 Å². The summed E-state index contributed by atoms with van der Waals surface area (Å²) in [5.74, 6) is 5.95. The monoisotopic (exact) mass is 259 g/mol. The number of aryl methyl sites for hydroxylation is 1. The van der Waals surface area contributed by atoms with E-state index in [1.54, 1.807) is 11.0 Å². The topological polar surface area (TPSA) is 40.5 Å². The molecule has 1 amide bonds. The molecule has 0 aliphatic rings. The largest absolute Gasteiger partial charge is 0.384 e. The molecule has 0 bridgehead atoms. The van der Waals surface area contributed by atoms with Crippen molar-refractivity contribution in [1.82, 2.24) is 4.90 Å². The first kappa shape index (κ1) is 15.3. The first-order chi connectivity index (χ1) is 8.95. The minimum Gasteiger partial charge on any atom is -0.384 e. The van der Waals surface area contributed by atoms with Crippen molar-refractivity contribution in [2.45, 2.75) is 20.8 Å². The molecule has 1 aromatic rings. The highest BCUT2D eigenvalue weighted by Crippen LogP contribution is 2.12. The van der Waals surface area contributed by atoms with Crippen LogP contribution in [-0.4, -0.2) is 36.1 Å². The lowest BCUT2D eigenvalue weighted by Crippen LogP contribution is -2.30. The fraction of sp³-hybridized carbons (Fsp3) is 0.438. The number of nitrogens with zero attached hydrogens (tertiary/aromatic N) is 1. The molecule has 1 N–H and O–H groups in total. The van der Waals surface area contributed by atoms with Crippen molar-refractivity contribution < 1.29 is 9.90 Å². The van der Waals surface area contributed by atoms with Crippen molar-refractivity contribution in [2.24, 2.45) is 5.92 Å². The Kier molecular flexibility index (Phi) is 5.59. The number of carbonyl (C=O) groups is 1. The molecule has 19 heavy (non-hydrogen) atoms. The Bertz CT molecular complexity index is 509. The van der Waals surface area contributed by atoms with Gasteiger partial charge in [-0.25, -0.2) is 0 Å². The van der Waals surface area contributed by atoms with E-state index >= 15 is 0 Å². The van der Waals surface area contributed by atoms with Gasteiger partial charge in [-0.3, -0.25) is 4.79 Å². The van der Waals surface area contributed by atoms with Crippen molar-refractivity contribution in [1.29, 1.82) is 0 Å². The van der Waals surface area contributed by atoms with Crippen molar-refractivity contribution in [3.8, 4) is 11.8 Å². The molecule has 0 aliphatic heterocycles. The van der Waals surface area contributed by atoms with Crippen LogP contribution in [0.1, 0.15) is 35.3 Å². The van der Waals surface area contributed by atoms with Gasteiger partial charge in [-0.1, -0.05) is 25.7 Å². The maximum Gasteiger partial charge on any atom is 0.253 e. The summed E-state index contributed by atoms with van der Waals surface area (Å²) in [6, 6.07) is 5.46. The van der Waals surface area contributed by atoms with Crippen LogP contribution < -0.4 is 0 Å². The summed E-state index contributed by atoms with van der Waals surface area (Å²) in [6.45, 7) is 6.67. The molecule has 0 aliphatic carbocycles. The van der Waals surface area contributed by atoms with Crippen LogP contribution in [-0.2, 0) is 0 Å². The first-order valence-corrected chi connectivity index (χ1v) is 6.41. The summed E-state index contributed by atoms with van der Waals surface area (Å²) in [5.41, 5.74) is 2.47. The summed E-state index contributed by atoms with van der Waals surface area (Å²) < 4.78 is 0. The standard InChI is InChI=1S/C16H21NO2/c1-12(2)11-17(4)16(19)15-8-7-14(6-5-9-18)13(3)10-15/h7-8,10,12,18H,9,11H2,1-4H3. The molecule has 1 aromatic carbocycles. The molecule has 0 fully saturated rings. The molecule has 0 atom stereocenters. The second-order valence-corrected chi connectivity index (χ2v) is 5.07. The van der Waals surface area contributed by atoms with Gasteiger partial charge in [0.1, 0.15) is 6.61 Å². The van der Waals surface area contributed by atoms with E-state index in [4.69, 9.17) is 5.11 Å². The van der Waals surface area contributed by atoms with E-state index in [1.165, 1.54) is 0 Å². The number of benzene rings is 1. The average Bonchev–Trinajstić information content (AvgIpc) is 2.35. The molecule has 0 spiro atoms. The number of rotatable bonds is 3. The predicted octanol–water partition coefficient (Wildman–Crippen LogP) is 2.07. The van der Waals surface area contributed by atoms with E-state index in [1.807, 2.05) is 26.1 Å². The zero-order valence-corrected chi connectivity index (χ0v) is 12.0. The number of hydrogen-bond acceptors (Lipinski definition) is 2. The zero-order chi connectivity index (χ0) is 14.4. The molecular weight excluding hydrogens is 238 g/mol. The van der Waals surface area contributed by atoms with Crippen LogP contribution in [0.5, 0.6) is 0 Å². The van der Waals surface area contributed by atoms with E-state index in [0.717, 1.165) is 17.7 Å². The zero-order valence-electron chi connectivity index (χ0n) is 12.0. The molecule has 0 heterocycles. The lowest BCUT2D eigenvalue weighted by atomic mass is 10.0. The van der Waals surface area contributed by atoms with Gasteiger partial charge in [-0.15, -0.1) is 0 Å². The number of carbonyl (C=O) groups excluding carboxylic acids is 1. The number of aliphatic hydroxyl groups excluding tert-OH is 1. The van der Waals surface area contributed by atoms with Crippen LogP contribution in [0.2, 0.25) is 0 Å². The first-order valence-electron chi connectivity index (χ1n) is 6.41. The minimum atomic E-state index is -0.156. The van der Waals surface area contributed by atoms with Crippen LogP contribution in [0.25, 0.3) is 0 Å². The molecule has 3 nitrogen and oxygen atoms in total. The van der Waals surface area contributed by atoms with Crippen molar-refractivity contribution in [3.63, 3.8) is 0 Å². The maximum atomic E-state index is 12.2. The van der Waals surface area contributed by atoms with Gasteiger partial charge in [0.25, 0.3) is 5.91 Å². The molecule has 0 saturated carbocycles. The second-order valence-electron chi connectivity index (χ2n) is 5.07. The summed E-state index contributed by atoms with van der Waals surface area (Å²) in [6.07, 6.45) is 0. The minimum absolute atomic E-state index is 0.0264. The van der Waals surface area contributed by atoms with Crippen LogP contribution in [0.4, 0.5) is 0 Å². The highest BCUT2D eigenvalue weighted by Gasteiger charge is 2.13. The summed E-state index contributed by atoms with van der Waals surface area (Å²) in [4.78, 5) is 13.9. The van der Waals surface area contributed by atoms with Gasteiger partial charge >= 0.3 is 0 Å². The third kappa shape index (κ3) is 4.42. The summed E-state index contributed by atoms with van der Waals surface area (Å²) in [5, 5.41) is 8.68. The van der Waals surface area contributed by atoms with Crippen molar-refractivity contribution >= 4 is 5.91 Å². The lowest BCUT2D eigenvalue weighted by molar-refractivity contribution is 0.0779. The Morgan fingerprint density at radius 2 is 2.11 bits per heavy atom. The molecule has 0 aromatic heterocycles. The van der Waals surface area contributed by atoms with Gasteiger partial charge < -0.3 is 10.0 Å². The average molecular weight is 259 g/mol. The number of hydrogen-bond donors (Lipinski definition) is 1. The van der Waals surface area contributed by atoms with Gasteiger partial charge in [0, 0.05) is 24.7 Å². The molecular formula is C16H21NO2. The van der Waals surface area contributed by atoms with Crippen LogP contribution >= 0.6 is 0 Å². The van der Waals surface area contributed by atoms with Gasteiger partial charge in [-0.2, -0.15) is 0 Å². The molecule has 0 saturated heterocycles. The smallest absolute Gasteiger partial charge is 0.253 e. The molecule has 102 valence electrons. The number of aliphatic hydroxyl groups is 1. The third-order valence-corrected chi connectivity index (χ3v) is 2.76. The highest BCUT2D eigenvalue weighted by atomic mass is 16.2. The van der Waals surface area contributed by atoms with Gasteiger partial charge in [0.05, 0.1) is 0 Å². The Balaban J connectivity index is 2.91. The fourth-order valence-electron chi connectivity index (χ4n) is 1.92. The van der Waals surface area contributed by atoms with E-state index < -0.39 is 0 Å². The summed E-state index contributed by atoms with van der Waals surface area (Å²) in [7, 11) is 1.82. The highest BCUT2D eigenvalue weighted by molar-refractivity contribution is 5.94.